The highest BCUT2D eigenvalue weighted by Crippen LogP contribution is 2.00. The Hall–Kier alpha value is -0.170. The summed E-state index contributed by atoms with van der Waals surface area (Å²) in [5.74, 6) is 2.31. The lowest BCUT2D eigenvalue weighted by Gasteiger charge is -1.89. The van der Waals surface area contributed by atoms with Crippen molar-refractivity contribution in [3.05, 3.63) is 24.3 Å². The first kappa shape index (κ1) is 10.8. The maximum Gasteiger partial charge on any atom is 0.0116 e. The molecule has 0 aliphatic rings. The van der Waals surface area contributed by atoms with Crippen molar-refractivity contribution in [1.82, 2.24) is 0 Å². The highest BCUT2D eigenvalue weighted by molar-refractivity contribution is 7.99. The summed E-state index contributed by atoms with van der Waals surface area (Å²) < 4.78 is 0. The van der Waals surface area contributed by atoms with Gasteiger partial charge in [-0.05, 0) is 12.8 Å². The number of allylic oxidation sites excluding steroid dienone is 2. The molecule has 0 N–H and O–H groups in total. The highest BCUT2D eigenvalue weighted by atomic mass is 32.2. The van der Waals surface area contributed by atoms with E-state index in [9.17, 15) is 0 Å². The molecule has 0 aromatic carbocycles. The molecule has 0 aromatic rings. The molecule has 11 heavy (non-hydrogen) atoms. The molecule has 0 aromatic heterocycles. The summed E-state index contributed by atoms with van der Waals surface area (Å²) in [6.45, 7) is 4.33. The fraction of sp³-hybridized carbons (Fsp3) is 0.600. The van der Waals surface area contributed by atoms with Gasteiger partial charge in [0.2, 0.25) is 0 Å². The summed E-state index contributed by atoms with van der Waals surface area (Å²) in [6.07, 6.45) is 11.2. The molecule has 0 saturated carbocycles. The lowest BCUT2D eigenvalue weighted by Crippen LogP contribution is -1.73. The lowest BCUT2D eigenvalue weighted by atomic mass is 10.4. The number of rotatable bonds is 6. The molecule has 0 spiro atoms. The van der Waals surface area contributed by atoms with Crippen LogP contribution in [0.1, 0.15) is 26.7 Å². The molecule has 0 nitrogen and oxygen atoms in total. The molecule has 0 atom stereocenters. The van der Waals surface area contributed by atoms with Gasteiger partial charge in [-0.3, -0.25) is 0 Å². The third-order valence-electron chi connectivity index (χ3n) is 1.23. The number of thioether (sulfide) groups is 1. The Kier molecular flexibility index (Phi) is 9.68. The van der Waals surface area contributed by atoms with Crippen LogP contribution in [0.5, 0.6) is 0 Å². The predicted octanol–water partition coefficient (Wildman–Crippen LogP) is 3.65. The van der Waals surface area contributed by atoms with Crippen LogP contribution in [0.2, 0.25) is 0 Å². The smallest absolute Gasteiger partial charge is 0.0116 e. The normalized spacial score (nSPS) is 11.8. The largest absolute Gasteiger partial charge is 0.154 e. The van der Waals surface area contributed by atoms with Crippen LogP contribution in [0.15, 0.2) is 24.3 Å². The van der Waals surface area contributed by atoms with E-state index in [4.69, 9.17) is 0 Å². The first-order chi connectivity index (χ1) is 5.41. The minimum atomic E-state index is 1.15. The van der Waals surface area contributed by atoms with Crippen LogP contribution in [0.25, 0.3) is 0 Å². The van der Waals surface area contributed by atoms with Crippen molar-refractivity contribution in [2.75, 3.05) is 11.5 Å². The van der Waals surface area contributed by atoms with E-state index >= 15 is 0 Å². The van der Waals surface area contributed by atoms with Crippen LogP contribution >= 0.6 is 11.8 Å². The Balaban J connectivity index is 3.02. The van der Waals surface area contributed by atoms with Crippen LogP contribution in [-0.4, -0.2) is 11.5 Å². The van der Waals surface area contributed by atoms with E-state index in [1.54, 1.807) is 0 Å². The van der Waals surface area contributed by atoms with E-state index in [1.807, 2.05) is 11.8 Å². The van der Waals surface area contributed by atoms with Gasteiger partial charge in [-0.1, -0.05) is 38.2 Å². The van der Waals surface area contributed by atoms with E-state index in [1.165, 1.54) is 0 Å². The summed E-state index contributed by atoms with van der Waals surface area (Å²) in [5.41, 5.74) is 0. The van der Waals surface area contributed by atoms with Crippen molar-refractivity contribution in [3.63, 3.8) is 0 Å². The van der Waals surface area contributed by atoms with Gasteiger partial charge >= 0.3 is 0 Å². The Labute approximate surface area is 74.8 Å². The zero-order chi connectivity index (χ0) is 8.36. The summed E-state index contributed by atoms with van der Waals surface area (Å²) in [6, 6.07) is 0. The third kappa shape index (κ3) is 9.83. The van der Waals surface area contributed by atoms with E-state index < -0.39 is 0 Å². The molecular weight excluding hydrogens is 152 g/mol. The summed E-state index contributed by atoms with van der Waals surface area (Å²) in [7, 11) is 0. The van der Waals surface area contributed by atoms with E-state index in [2.05, 4.69) is 38.2 Å². The second-order valence-electron chi connectivity index (χ2n) is 2.30. The Bertz CT molecular complexity index is 100. The molecule has 0 heterocycles. The second-order valence-corrected chi connectivity index (χ2v) is 3.37. The van der Waals surface area contributed by atoms with Crippen molar-refractivity contribution < 1.29 is 0 Å². The molecular formula is C10H18S. The predicted molar refractivity (Wildman–Crippen MR) is 56.2 cm³/mol. The van der Waals surface area contributed by atoms with E-state index in [0.717, 1.165) is 24.3 Å². The zero-order valence-corrected chi connectivity index (χ0v) is 8.36. The third-order valence-corrected chi connectivity index (χ3v) is 2.09. The van der Waals surface area contributed by atoms with Gasteiger partial charge in [0.15, 0.2) is 0 Å². The second kappa shape index (κ2) is 9.83. The Morgan fingerprint density at radius 2 is 1.27 bits per heavy atom. The van der Waals surface area contributed by atoms with Crippen LogP contribution < -0.4 is 0 Å². The van der Waals surface area contributed by atoms with Crippen molar-refractivity contribution in [2.45, 2.75) is 26.7 Å². The minimum absolute atomic E-state index is 1.15. The molecule has 0 amide bonds. The van der Waals surface area contributed by atoms with Crippen LogP contribution in [0.4, 0.5) is 0 Å². The topological polar surface area (TPSA) is 0 Å². The quantitative estimate of drug-likeness (QED) is 0.433. The molecule has 0 unspecified atom stereocenters. The average molecular weight is 170 g/mol. The first-order valence-corrected chi connectivity index (χ1v) is 5.45. The number of hydrogen-bond acceptors (Lipinski definition) is 1. The van der Waals surface area contributed by atoms with Gasteiger partial charge in [0, 0.05) is 11.5 Å². The fourth-order valence-corrected chi connectivity index (χ4v) is 1.35. The van der Waals surface area contributed by atoms with E-state index in [-0.39, 0.29) is 0 Å². The lowest BCUT2D eigenvalue weighted by molar-refractivity contribution is 1.22. The molecule has 0 saturated heterocycles. The molecule has 1 heteroatoms. The number of hydrogen-bond donors (Lipinski definition) is 0. The van der Waals surface area contributed by atoms with Gasteiger partial charge in [0.25, 0.3) is 0 Å². The maximum atomic E-state index is 2.24. The summed E-state index contributed by atoms with van der Waals surface area (Å²) in [5, 5.41) is 0. The minimum Gasteiger partial charge on any atom is -0.154 e. The zero-order valence-electron chi connectivity index (χ0n) is 7.55. The van der Waals surface area contributed by atoms with Crippen molar-refractivity contribution in [2.24, 2.45) is 0 Å². The standard InChI is InChI=1S/C10H18S/c1-3-5-7-9-11-10-8-6-4-2/h5-8H,3-4,9-10H2,1-2H3. The molecule has 0 radical (unpaired) electrons. The molecule has 0 aliphatic carbocycles. The average Bonchev–Trinajstić information content (AvgIpc) is 2.03. The van der Waals surface area contributed by atoms with Gasteiger partial charge in [0.1, 0.15) is 0 Å². The molecule has 0 rings (SSSR count). The molecule has 64 valence electrons. The fourth-order valence-electron chi connectivity index (χ4n) is 0.674. The van der Waals surface area contributed by atoms with Crippen LogP contribution in [0.3, 0.4) is 0 Å². The van der Waals surface area contributed by atoms with Crippen LogP contribution in [-0.2, 0) is 0 Å². The van der Waals surface area contributed by atoms with Gasteiger partial charge in [0.05, 0.1) is 0 Å². The van der Waals surface area contributed by atoms with Gasteiger partial charge in [-0.15, -0.1) is 0 Å². The van der Waals surface area contributed by atoms with Gasteiger partial charge < -0.3 is 0 Å². The van der Waals surface area contributed by atoms with Crippen molar-refractivity contribution >= 4 is 11.8 Å². The molecule has 0 aliphatic heterocycles. The SMILES string of the molecule is CCC=CCSCC=CCC. The molecule has 0 bridgehead atoms. The Morgan fingerprint density at radius 1 is 0.818 bits per heavy atom. The monoisotopic (exact) mass is 170 g/mol. The van der Waals surface area contributed by atoms with Gasteiger partial charge in [-0.25, -0.2) is 0 Å². The maximum absolute atomic E-state index is 2.24. The van der Waals surface area contributed by atoms with Gasteiger partial charge in [-0.2, -0.15) is 11.8 Å². The summed E-state index contributed by atoms with van der Waals surface area (Å²) >= 11 is 1.96. The Morgan fingerprint density at radius 3 is 1.64 bits per heavy atom. The first-order valence-electron chi connectivity index (χ1n) is 4.29. The van der Waals surface area contributed by atoms with E-state index in [0.29, 0.717) is 0 Å². The summed E-state index contributed by atoms with van der Waals surface area (Å²) in [4.78, 5) is 0. The highest BCUT2D eigenvalue weighted by Gasteiger charge is 1.78. The van der Waals surface area contributed by atoms with Crippen LogP contribution in [0, 0.1) is 0 Å². The van der Waals surface area contributed by atoms with Crippen molar-refractivity contribution in [3.8, 4) is 0 Å². The molecule has 0 fully saturated rings. The van der Waals surface area contributed by atoms with Crippen molar-refractivity contribution in [1.29, 1.82) is 0 Å².